The smallest absolute Gasteiger partial charge is 0.319 e. The summed E-state index contributed by atoms with van der Waals surface area (Å²) in [6.07, 6.45) is 3.29. The van der Waals surface area contributed by atoms with Crippen molar-refractivity contribution in [3.8, 4) is 0 Å². The monoisotopic (exact) mass is 331 g/mol. The third-order valence-corrected chi connectivity index (χ3v) is 4.72. The maximum atomic E-state index is 12.3. The van der Waals surface area contributed by atoms with E-state index in [2.05, 4.69) is 34.6 Å². The van der Waals surface area contributed by atoms with Crippen molar-refractivity contribution in [2.75, 3.05) is 5.32 Å². The Kier molecular flexibility index (Phi) is 4.85. The molecule has 0 fully saturated rings. The Balaban J connectivity index is 1.60. The third-order valence-electron chi connectivity index (χ3n) is 3.64. The highest BCUT2D eigenvalue weighted by Gasteiger charge is 2.21. The fourth-order valence-electron chi connectivity index (χ4n) is 2.63. The minimum absolute atomic E-state index is 0.0779. The molecule has 1 aliphatic heterocycles. The molecule has 1 aliphatic rings. The van der Waals surface area contributed by atoms with Gasteiger partial charge in [0, 0.05) is 16.6 Å². The summed E-state index contributed by atoms with van der Waals surface area (Å²) in [7, 11) is 0. The summed E-state index contributed by atoms with van der Waals surface area (Å²) in [5.41, 5.74) is 0.848. The number of nitrogens with zero attached hydrogens (tertiary/aromatic N) is 3. The van der Waals surface area contributed by atoms with Crippen LogP contribution in [0.4, 0.5) is 10.5 Å². The summed E-state index contributed by atoms with van der Waals surface area (Å²) in [4.78, 5) is 17.6. The van der Waals surface area contributed by atoms with Gasteiger partial charge in [-0.2, -0.15) is 5.10 Å². The highest BCUT2D eigenvalue weighted by Crippen LogP contribution is 2.30. The molecule has 7 heteroatoms. The molecule has 0 saturated heterocycles. The molecule has 0 radical (unpaired) electrons. The molecule has 3 rings (SSSR count). The Labute approximate surface area is 140 Å². The molecule has 122 valence electrons. The third kappa shape index (κ3) is 4.04. The number of para-hydroxylation sites is 1. The lowest BCUT2D eigenvalue weighted by Crippen LogP contribution is -2.43. The number of hydrogen-bond acceptors (Lipinski definition) is 4. The van der Waals surface area contributed by atoms with E-state index in [1.54, 1.807) is 18.1 Å². The van der Waals surface area contributed by atoms with Crippen molar-refractivity contribution in [3.05, 3.63) is 36.4 Å². The maximum absolute atomic E-state index is 12.3. The van der Waals surface area contributed by atoms with Crippen LogP contribution < -0.4 is 10.6 Å². The van der Waals surface area contributed by atoms with Crippen molar-refractivity contribution in [1.82, 2.24) is 20.1 Å². The van der Waals surface area contributed by atoms with Gasteiger partial charge >= 0.3 is 6.03 Å². The number of rotatable bonds is 4. The molecule has 2 aromatic rings. The van der Waals surface area contributed by atoms with E-state index in [9.17, 15) is 4.79 Å². The van der Waals surface area contributed by atoms with Gasteiger partial charge in [-0.15, -0.1) is 11.8 Å². The zero-order chi connectivity index (χ0) is 16.2. The number of fused-ring (bicyclic) bond motifs is 1. The first-order chi connectivity index (χ1) is 11.1. The van der Waals surface area contributed by atoms with Gasteiger partial charge in [0.25, 0.3) is 0 Å². The minimum atomic E-state index is -0.171. The number of carbonyl (C=O) groups is 1. The van der Waals surface area contributed by atoms with Crippen LogP contribution in [-0.2, 0) is 13.0 Å². The molecule has 0 bridgehead atoms. The fourth-order valence-corrected chi connectivity index (χ4v) is 3.54. The number of anilines is 1. The lowest BCUT2D eigenvalue weighted by molar-refractivity contribution is 0.243. The van der Waals surface area contributed by atoms with Gasteiger partial charge in [-0.1, -0.05) is 26.0 Å². The summed E-state index contributed by atoms with van der Waals surface area (Å²) in [6.45, 7) is 4.95. The summed E-state index contributed by atoms with van der Waals surface area (Å²) in [5, 5.41) is 10.6. The first kappa shape index (κ1) is 15.9. The van der Waals surface area contributed by atoms with E-state index in [0.717, 1.165) is 29.2 Å². The van der Waals surface area contributed by atoms with Crippen LogP contribution in [-0.4, -0.2) is 32.1 Å². The van der Waals surface area contributed by atoms with Gasteiger partial charge < -0.3 is 10.6 Å². The van der Waals surface area contributed by atoms with Crippen molar-refractivity contribution >= 4 is 23.5 Å². The van der Waals surface area contributed by atoms with E-state index >= 15 is 0 Å². The van der Waals surface area contributed by atoms with Crippen molar-refractivity contribution in [3.63, 3.8) is 0 Å². The Morgan fingerprint density at radius 2 is 2.22 bits per heavy atom. The fraction of sp³-hybridized carbons (Fsp3) is 0.438. The normalized spacial score (nSPS) is 16.9. The molecule has 0 aliphatic carbocycles. The van der Waals surface area contributed by atoms with Crippen LogP contribution in [0.5, 0.6) is 0 Å². The molecule has 2 N–H and O–H groups in total. The summed E-state index contributed by atoms with van der Waals surface area (Å²) >= 11 is 1.74. The molecule has 1 aromatic heterocycles. The molecule has 2 heterocycles. The second-order valence-electron chi connectivity index (χ2n) is 5.86. The number of urea groups is 1. The van der Waals surface area contributed by atoms with Crippen molar-refractivity contribution in [2.45, 2.75) is 49.4 Å². The van der Waals surface area contributed by atoms with Gasteiger partial charge in [0.15, 0.2) is 0 Å². The second-order valence-corrected chi connectivity index (χ2v) is 7.47. The largest absolute Gasteiger partial charge is 0.333 e. The molecular formula is C16H21N5OS. The van der Waals surface area contributed by atoms with Crippen LogP contribution in [0.25, 0.3) is 0 Å². The standard InChI is InChI=1S/C16H21N5OS/c1-11(2)23-14-6-4-3-5-13(14)20-16(22)19-12-7-8-15-17-10-18-21(15)9-12/h3-6,10-12H,7-9H2,1-2H3,(H2,19,20,22)/t12-/m0/s1. The van der Waals surface area contributed by atoms with Gasteiger partial charge in [0.2, 0.25) is 0 Å². The number of thioether (sulfide) groups is 1. The van der Waals surface area contributed by atoms with E-state index in [-0.39, 0.29) is 12.1 Å². The highest BCUT2D eigenvalue weighted by atomic mass is 32.2. The van der Waals surface area contributed by atoms with Crippen molar-refractivity contribution in [1.29, 1.82) is 0 Å². The molecule has 1 aromatic carbocycles. The number of hydrogen-bond donors (Lipinski definition) is 2. The average molecular weight is 331 g/mol. The molecule has 0 saturated carbocycles. The quantitative estimate of drug-likeness (QED) is 0.845. The van der Waals surface area contributed by atoms with Crippen LogP contribution in [0.1, 0.15) is 26.1 Å². The van der Waals surface area contributed by atoms with Crippen LogP contribution in [0.2, 0.25) is 0 Å². The number of aryl methyl sites for hydroxylation is 1. The number of amides is 2. The Hall–Kier alpha value is -2.02. The molecular weight excluding hydrogens is 310 g/mol. The lowest BCUT2D eigenvalue weighted by atomic mass is 10.1. The maximum Gasteiger partial charge on any atom is 0.319 e. The minimum Gasteiger partial charge on any atom is -0.333 e. The molecule has 6 nitrogen and oxygen atoms in total. The lowest BCUT2D eigenvalue weighted by Gasteiger charge is -2.24. The molecule has 1 atom stereocenters. The van der Waals surface area contributed by atoms with E-state index in [0.29, 0.717) is 11.8 Å². The van der Waals surface area contributed by atoms with E-state index in [1.165, 1.54) is 0 Å². The van der Waals surface area contributed by atoms with Crippen molar-refractivity contribution < 1.29 is 4.79 Å². The molecule has 23 heavy (non-hydrogen) atoms. The topological polar surface area (TPSA) is 71.8 Å². The zero-order valence-electron chi connectivity index (χ0n) is 13.3. The predicted molar refractivity (Wildman–Crippen MR) is 91.7 cm³/mol. The number of aromatic nitrogens is 3. The zero-order valence-corrected chi connectivity index (χ0v) is 14.1. The van der Waals surface area contributed by atoms with E-state index < -0.39 is 0 Å². The van der Waals surface area contributed by atoms with Crippen LogP contribution >= 0.6 is 11.8 Å². The van der Waals surface area contributed by atoms with Gasteiger partial charge in [0.05, 0.1) is 18.3 Å². The van der Waals surface area contributed by atoms with Crippen LogP contribution in [0, 0.1) is 0 Å². The average Bonchev–Trinajstić information content (AvgIpc) is 2.96. The Bertz CT molecular complexity index is 685. The van der Waals surface area contributed by atoms with E-state index in [1.807, 2.05) is 28.9 Å². The van der Waals surface area contributed by atoms with Gasteiger partial charge in [-0.3, -0.25) is 0 Å². The number of nitrogens with one attached hydrogen (secondary N) is 2. The van der Waals surface area contributed by atoms with Gasteiger partial charge in [0.1, 0.15) is 12.2 Å². The summed E-state index contributed by atoms with van der Waals surface area (Å²) in [5.74, 6) is 0.988. The molecule has 0 spiro atoms. The number of benzene rings is 1. The first-order valence-electron chi connectivity index (χ1n) is 7.81. The van der Waals surface area contributed by atoms with Gasteiger partial charge in [-0.05, 0) is 18.6 Å². The second kappa shape index (κ2) is 7.04. The van der Waals surface area contributed by atoms with Crippen LogP contribution in [0.15, 0.2) is 35.5 Å². The summed E-state index contributed by atoms with van der Waals surface area (Å²) in [6, 6.07) is 7.79. The van der Waals surface area contributed by atoms with Crippen LogP contribution in [0.3, 0.4) is 0 Å². The summed E-state index contributed by atoms with van der Waals surface area (Å²) < 4.78 is 1.86. The van der Waals surface area contributed by atoms with Gasteiger partial charge in [-0.25, -0.2) is 14.5 Å². The Morgan fingerprint density at radius 3 is 3.04 bits per heavy atom. The Morgan fingerprint density at radius 1 is 1.39 bits per heavy atom. The highest BCUT2D eigenvalue weighted by molar-refractivity contribution is 8.00. The predicted octanol–water partition coefficient (Wildman–Crippen LogP) is 2.92. The first-order valence-corrected chi connectivity index (χ1v) is 8.69. The number of carbonyl (C=O) groups excluding carboxylic acids is 1. The molecule has 0 unspecified atom stereocenters. The van der Waals surface area contributed by atoms with E-state index in [4.69, 9.17) is 0 Å². The SMILES string of the molecule is CC(C)Sc1ccccc1NC(=O)N[C@H]1CCc2ncnn2C1. The van der Waals surface area contributed by atoms with Crippen molar-refractivity contribution in [2.24, 2.45) is 0 Å². The molecule has 2 amide bonds.